The van der Waals surface area contributed by atoms with Crippen LogP contribution >= 0.6 is 0 Å². The van der Waals surface area contributed by atoms with E-state index in [4.69, 9.17) is 9.47 Å². The quantitative estimate of drug-likeness (QED) is 0.786. The average molecular weight is 234 g/mol. The summed E-state index contributed by atoms with van der Waals surface area (Å²) in [5.74, 6) is 0.838. The highest BCUT2D eigenvalue weighted by Crippen LogP contribution is 2.33. The molecule has 0 bridgehead atoms. The van der Waals surface area contributed by atoms with Gasteiger partial charge < -0.3 is 14.6 Å². The smallest absolute Gasteiger partial charge is 0.175 e. The van der Waals surface area contributed by atoms with Gasteiger partial charge in [-0.25, -0.2) is 0 Å². The van der Waals surface area contributed by atoms with E-state index in [0.29, 0.717) is 25.4 Å². The van der Waals surface area contributed by atoms with Crippen molar-refractivity contribution in [2.45, 2.75) is 6.42 Å². The molecular weight excluding hydrogens is 220 g/mol. The molecule has 1 fully saturated rings. The van der Waals surface area contributed by atoms with E-state index < -0.39 is 5.41 Å². The number of hydrogen-bond acceptors (Lipinski definition) is 4. The molecule has 0 aliphatic carbocycles. The number of Topliss-reactive ketones (excluding diaryl/α,β-unsaturated/α-hetero) is 1. The summed E-state index contributed by atoms with van der Waals surface area (Å²) in [6.45, 7) is 1.16. The first kappa shape index (κ1) is 10.7. The largest absolute Gasteiger partial charge is 0.493 e. The molecule has 4 heteroatoms. The normalized spacial score (nSPS) is 20.3. The molecule has 1 aromatic carbocycles. The molecule has 1 aromatic rings. The van der Waals surface area contributed by atoms with Crippen molar-refractivity contribution in [2.24, 2.45) is 5.41 Å². The molecule has 0 spiro atoms. The lowest BCUT2D eigenvalue weighted by atomic mass is 9.79. The third-order valence-corrected chi connectivity index (χ3v) is 3.49. The Morgan fingerprint density at radius 3 is 2.88 bits per heavy atom. The molecule has 0 unspecified atom stereocenters. The van der Waals surface area contributed by atoms with Crippen molar-refractivity contribution in [1.82, 2.24) is 0 Å². The van der Waals surface area contributed by atoms with E-state index >= 15 is 0 Å². The summed E-state index contributed by atoms with van der Waals surface area (Å²) in [5.41, 5.74) is 1.00. The fourth-order valence-electron chi connectivity index (χ4n) is 2.28. The number of aliphatic hydroxyl groups excluding tert-OH is 1. The number of carbonyl (C=O) groups is 1. The van der Waals surface area contributed by atoms with Crippen LogP contribution in [0.15, 0.2) is 18.2 Å². The minimum atomic E-state index is -0.715. The van der Waals surface area contributed by atoms with Gasteiger partial charge in [0.1, 0.15) is 11.2 Å². The van der Waals surface area contributed by atoms with E-state index in [1.807, 2.05) is 12.1 Å². The van der Waals surface area contributed by atoms with Crippen LogP contribution in [0.1, 0.15) is 15.9 Å². The zero-order valence-corrected chi connectivity index (χ0v) is 9.44. The van der Waals surface area contributed by atoms with Gasteiger partial charge in [0.2, 0.25) is 0 Å². The third-order valence-electron chi connectivity index (χ3n) is 3.49. The summed E-state index contributed by atoms with van der Waals surface area (Å²) in [7, 11) is 0. The SMILES string of the molecule is O=C(c1ccc2c(c1)CCO2)C1(CO)COC1. The van der Waals surface area contributed by atoms with Crippen molar-refractivity contribution < 1.29 is 19.4 Å². The summed E-state index contributed by atoms with van der Waals surface area (Å²) >= 11 is 0. The molecule has 0 saturated carbocycles. The van der Waals surface area contributed by atoms with Gasteiger partial charge in [-0.3, -0.25) is 4.79 Å². The molecule has 1 saturated heterocycles. The van der Waals surface area contributed by atoms with Crippen molar-refractivity contribution in [1.29, 1.82) is 0 Å². The highest BCUT2D eigenvalue weighted by molar-refractivity contribution is 6.01. The van der Waals surface area contributed by atoms with Crippen LogP contribution < -0.4 is 4.74 Å². The van der Waals surface area contributed by atoms with Crippen LogP contribution in [-0.4, -0.2) is 37.3 Å². The van der Waals surface area contributed by atoms with Crippen LogP contribution in [-0.2, 0) is 11.2 Å². The second kappa shape index (κ2) is 3.82. The minimum absolute atomic E-state index is 0.0269. The summed E-state index contributed by atoms with van der Waals surface area (Å²) in [6.07, 6.45) is 0.846. The molecular formula is C13H14O4. The first-order chi connectivity index (χ1) is 8.25. The van der Waals surface area contributed by atoms with Gasteiger partial charge in [-0.1, -0.05) is 0 Å². The molecule has 0 radical (unpaired) electrons. The fraction of sp³-hybridized carbons (Fsp3) is 0.462. The highest BCUT2D eigenvalue weighted by atomic mass is 16.5. The minimum Gasteiger partial charge on any atom is -0.493 e. The third kappa shape index (κ3) is 1.56. The zero-order valence-electron chi connectivity index (χ0n) is 9.44. The first-order valence-electron chi connectivity index (χ1n) is 5.74. The number of ether oxygens (including phenoxy) is 2. The van der Waals surface area contributed by atoms with Crippen LogP contribution in [0.4, 0.5) is 0 Å². The summed E-state index contributed by atoms with van der Waals surface area (Å²) in [6, 6.07) is 5.47. The maximum Gasteiger partial charge on any atom is 0.175 e. The number of carbonyl (C=O) groups excluding carboxylic acids is 1. The lowest BCUT2D eigenvalue weighted by Gasteiger charge is -2.38. The van der Waals surface area contributed by atoms with Gasteiger partial charge in [0.05, 0.1) is 26.4 Å². The maximum absolute atomic E-state index is 12.3. The number of fused-ring (bicyclic) bond motifs is 1. The van der Waals surface area contributed by atoms with E-state index in [9.17, 15) is 9.90 Å². The molecule has 90 valence electrons. The van der Waals surface area contributed by atoms with Gasteiger partial charge >= 0.3 is 0 Å². The van der Waals surface area contributed by atoms with Gasteiger partial charge in [-0.05, 0) is 23.8 Å². The standard InChI is InChI=1S/C13H14O4/c14-6-13(7-16-8-13)12(15)10-1-2-11-9(5-10)3-4-17-11/h1-2,5,14H,3-4,6-8H2. The van der Waals surface area contributed by atoms with Crippen molar-refractivity contribution in [3.63, 3.8) is 0 Å². The van der Waals surface area contributed by atoms with E-state index in [0.717, 1.165) is 17.7 Å². The fourth-order valence-corrected chi connectivity index (χ4v) is 2.28. The Kier molecular flexibility index (Phi) is 2.42. The molecule has 2 aliphatic rings. The summed E-state index contributed by atoms with van der Waals surface area (Å²) in [5, 5.41) is 9.34. The predicted octanol–water partition coefficient (Wildman–Crippen LogP) is 0.813. The lowest BCUT2D eigenvalue weighted by molar-refractivity contribution is -0.109. The Hall–Kier alpha value is -1.39. The molecule has 0 amide bonds. The van der Waals surface area contributed by atoms with E-state index in [1.54, 1.807) is 6.07 Å². The Labute approximate surface area is 99.2 Å². The highest BCUT2D eigenvalue weighted by Gasteiger charge is 2.45. The molecule has 0 aromatic heterocycles. The zero-order chi connectivity index (χ0) is 11.9. The summed E-state index contributed by atoms with van der Waals surface area (Å²) < 4.78 is 10.5. The molecule has 0 atom stereocenters. The molecule has 17 heavy (non-hydrogen) atoms. The van der Waals surface area contributed by atoms with Crippen LogP contribution in [0.3, 0.4) is 0 Å². The van der Waals surface area contributed by atoms with Crippen molar-refractivity contribution >= 4 is 5.78 Å². The lowest BCUT2D eigenvalue weighted by Crippen LogP contribution is -2.51. The second-order valence-corrected chi connectivity index (χ2v) is 4.68. The van der Waals surface area contributed by atoms with Gasteiger partial charge in [0.25, 0.3) is 0 Å². The molecule has 2 heterocycles. The summed E-state index contributed by atoms with van der Waals surface area (Å²) in [4.78, 5) is 12.3. The van der Waals surface area contributed by atoms with Gasteiger partial charge in [-0.2, -0.15) is 0 Å². The first-order valence-corrected chi connectivity index (χ1v) is 5.74. The Balaban J connectivity index is 1.91. The number of aliphatic hydroxyl groups is 1. The Morgan fingerprint density at radius 2 is 2.24 bits per heavy atom. The molecule has 4 nitrogen and oxygen atoms in total. The maximum atomic E-state index is 12.3. The van der Waals surface area contributed by atoms with Crippen molar-refractivity contribution in [3.8, 4) is 5.75 Å². The average Bonchev–Trinajstić information content (AvgIpc) is 2.74. The van der Waals surface area contributed by atoms with Crippen molar-refractivity contribution in [2.75, 3.05) is 26.4 Å². The van der Waals surface area contributed by atoms with Crippen LogP contribution in [0.2, 0.25) is 0 Å². The van der Waals surface area contributed by atoms with Crippen LogP contribution in [0, 0.1) is 5.41 Å². The monoisotopic (exact) mass is 234 g/mol. The molecule has 2 aliphatic heterocycles. The Morgan fingerprint density at radius 1 is 1.41 bits per heavy atom. The number of hydrogen-bond donors (Lipinski definition) is 1. The van der Waals surface area contributed by atoms with E-state index in [1.165, 1.54) is 0 Å². The van der Waals surface area contributed by atoms with Gasteiger partial charge in [0, 0.05) is 12.0 Å². The van der Waals surface area contributed by atoms with Crippen LogP contribution in [0.5, 0.6) is 5.75 Å². The number of rotatable bonds is 3. The van der Waals surface area contributed by atoms with Crippen LogP contribution in [0.25, 0.3) is 0 Å². The number of ketones is 1. The van der Waals surface area contributed by atoms with Gasteiger partial charge in [-0.15, -0.1) is 0 Å². The van der Waals surface area contributed by atoms with Gasteiger partial charge in [0.15, 0.2) is 5.78 Å². The molecule has 3 rings (SSSR count). The topological polar surface area (TPSA) is 55.8 Å². The predicted molar refractivity (Wildman–Crippen MR) is 60.3 cm³/mol. The Bertz CT molecular complexity index is 457. The molecule has 1 N–H and O–H groups in total. The number of benzene rings is 1. The van der Waals surface area contributed by atoms with E-state index in [-0.39, 0.29) is 12.4 Å². The van der Waals surface area contributed by atoms with Crippen molar-refractivity contribution in [3.05, 3.63) is 29.3 Å². The van der Waals surface area contributed by atoms with E-state index in [2.05, 4.69) is 0 Å². The second-order valence-electron chi connectivity index (χ2n) is 4.68.